The number of esters is 1. The van der Waals surface area contributed by atoms with Gasteiger partial charge in [-0.25, -0.2) is 0 Å². The minimum absolute atomic E-state index is 0.00747. The number of nitrogens with one attached hydrogen (secondary N) is 1. The maximum absolute atomic E-state index is 12.2. The second-order valence-electron chi connectivity index (χ2n) is 10.7. The monoisotopic (exact) mass is 550 g/mol. The number of carbonyl (C=O) groups is 2. The molecule has 4 rings (SSSR count). The lowest BCUT2D eigenvalue weighted by Crippen LogP contribution is -2.43. The maximum atomic E-state index is 12.2. The van der Waals surface area contributed by atoms with Crippen molar-refractivity contribution in [1.82, 2.24) is 10.2 Å². The van der Waals surface area contributed by atoms with Crippen LogP contribution in [0.4, 0.5) is 0 Å². The van der Waals surface area contributed by atoms with Gasteiger partial charge in [0.05, 0.1) is 18.8 Å². The Morgan fingerprint density at radius 3 is 2.35 bits per heavy atom. The molecule has 0 radical (unpaired) electrons. The van der Waals surface area contributed by atoms with Gasteiger partial charge >= 0.3 is 5.97 Å². The molecule has 8 heteroatoms. The van der Waals surface area contributed by atoms with Crippen LogP contribution in [0.25, 0.3) is 0 Å². The molecule has 216 valence electrons. The second kappa shape index (κ2) is 14.6. The number of benzene rings is 2. The first-order chi connectivity index (χ1) is 19.4. The molecule has 40 heavy (non-hydrogen) atoms. The summed E-state index contributed by atoms with van der Waals surface area (Å²) in [7, 11) is 0. The number of aliphatic hydroxyl groups excluding tert-OH is 1. The van der Waals surface area contributed by atoms with Crippen LogP contribution in [0.1, 0.15) is 80.6 Å². The molecule has 4 atom stereocenters. The van der Waals surface area contributed by atoms with E-state index in [0.29, 0.717) is 12.6 Å². The zero-order chi connectivity index (χ0) is 28.5. The molecule has 1 amide bonds. The predicted octanol–water partition coefficient (Wildman–Crippen LogP) is 4.72. The van der Waals surface area contributed by atoms with Crippen molar-refractivity contribution in [3.05, 3.63) is 83.4 Å². The van der Waals surface area contributed by atoms with Crippen LogP contribution in [0.2, 0.25) is 0 Å². The van der Waals surface area contributed by atoms with Crippen LogP contribution in [-0.4, -0.2) is 53.2 Å². The molecule has 0 aromatic heterocycles. The van der Waals surface area contributed by atoms with E-state index in [1.165, 1.54) is 32.6 Å². The van der Waals surface area contributed by atoms with Gasteiger partial charge in [0, 0.05) is 44.6 Å². The summed E-state index contributed by atoms with van der Waals surface area (Å²) in [4.78, 5) is 25.8. The number of hydrogen-bond donors (Lipinski definition) is 2. The second-order valence-corrected chi connectivity index (χ2v) is 10.7. The van der Waals surface area contributed by atoms with E-state index in [9.17, 15) is 14.7 Å². The largest absolute Gasteiger partial charge is 0.453 e. The SMILES string of the molecule is C=CCN(C[C@@H]1C[C@H](c2ccc(CO)cc2)O[C@H](c2ccc(CNC(=O)[C@H](C)OC(C)=O)cc2)O1)C1CCCC1. The van der Waals surface area contributed by atoms with Gasteiger partial charge in [-0.15, -0.1) is 6.58 Å². The van der Waals surface area contributed by atoms with Crippen LogP contribution in [0.5, 0.6) is 0 Å². The molecule has 0 unspecified atom stereocenters. The highest BCUT2D eigenvalue weighted by Gasteiger charge is 2.34. The summed E-state index contributed by atoms with van der Waals surface area (Å²) in [5.74, 6) is -0.834. The van der Waals surface area contributed by atoms with Crippen LogP contribution in [0.15, 0.2) is 61.2 Å². The highest BCUT2D eigenvalue weighted by molar-refractivity contribution is 5.82. The number of carbonyl (C=O) groups excluding carboxylic acids is 2. The minimum atomic E-state index is -0.842. The van der Waals surface area contributed by atoms with Crippen molar-refractivity contribution in [2.75, 3.05) is 13.1 Å². The summed E-state index contributed by atoms with van der Waals surface area (Å²) in [6.07, 6.45) is 6.12. The fraction of sp³-hybridized carbons (Fsp3) is 0.500. The van der Waals surface area contributed by atoms with Gasteiger partial charge in [-0.2, -0.15) is 0 Å². The normalized spacial score (nSPS) is 22.1. The summed E-state index contributed by atoms with van der Waals surface area (Å²) >= 11 is 0. The first-order valence-corrected chi connectivity index (χ1v) is 14.3. The maximum Gasteiger partial charge on any atom is 0.303 e. The van der Waals surface area contributed by atoms with E-state index >= 15 is 0 Å². The average molecular weight is 551 g/mol. The van der Waals surface area contributed by atoms with Crippen LogP contribution < -0.4 is 5.32 Å². The molecule has 2 aromatic carbocycles. The van der Waals surface area contributed by atoms with Gasteiger partial charge in [-0.3, -0.25) is 14.5 Å². The van der Waals surface area contributed by atoms with E-state index in [1.807, 2.05) is 54.6 Å². The Balaban J connectivity index is 1.46. The van der Waals surface area contributed by atoms with Crippen LogP contribution in [-0.2, 0) is 37.0 Å². The molecule has 1 heterocycles. The van der Waals surface area contributed by atoms with Gasteiger partial charge in [0.25, 0.3) is 5.91 Å². The first kappa shape index (κ1) is 29.9. The van der Waals surface area contributed by atoms with Crippen molar-refractivity contribution in [3.63, 3.8) is 0 Å². The fourth-order valence-electron chi connectivity index (χ4n) is 5.53. The smallest absolute Gasteiger partial charge is 0.303 e. The van der Waals surface area contributed by atoms with Crippen molar-refractivity contribution in [2.24, 2.45) is 0 Å². The molecule has 2 N–H and O–H groups in total. The average Bonchev–Trinajstić information content (AvgIpc) is 3.51. The lowest BCUT2D eigenvalue weighted by Gasteiger charge is -2.39. The van der Waals surface area contributed by atoms with E-state index in [-0.39, 0.29) is 24.7 Å². The molecule has 1 aliphatic carbocycles. The van der Waals surface area contributed by atoms with Crippen molar-refractivity contribution < 1.29 is 28.9 Å². The molecule has 1 saturated carbocycles. The van der Waals surface area contributed by atoms with Crippen molar-refractivity contribution in [2.45, 2.75) is 89.7 Å². The Morgan fingerprint density at radius 2 is 1.73 bits per heavy atom. The number of rotatable bonds is 12. The Kier molecular flexibility index (Phi) is 10.9. The minimum Gasteiger partial charge on any atom is -0.453 e. The topological polar surface area (TPSA) is 97.3 Å². The standard InChI is InChI=1S/C32H42N2O6/c1-4-17-34(28-7-5-6-8-28)20-29-18-30(26-13-11-25(21-35)12-14-26)40-32(39-29)27-15-9-24(10-16-27)19-33-31(37)22(2)38-23(3)36/h4,9-16,22,28-30,32,35H,1,5-8,17-21H2,2-3H3,(H,33,37)/t22-,29-,30+,32+/m0/s1. The predicted molar refractivity (Wildman–Crippen MR) is 152 cm³/mol. The van der Waals surface area contributed by atoms with Gasteiger partial charge in [-0.1, -0.05) is 67.4 Å². The lowest BCUT2D eigenvalue weighted by atomic mass is 9.99. The molecule has 8 nitrogen and oxygen atoms in total. The van der Waals surface area contributed by atoms with E-state index in [1.54, 1.807) is 6.92 Å². The van der Waals surface area contributed by atoms with Gasteiger partial charge in [-0.05, 0) is 36.5 Å². The molecule has 1 saturated heterocycles. The van der Waals surface area contributed by atoms with E-state index in [0.717, 1.165) is 41.8 Å². The van der Waals surface area contributed by atoms with E-state index in [4.69, 9.17) is 14.2 Å². The molecule has 0 bridgehead atoms. The zero-order valence-corrected chi connectivity index (χ0v) is 23.6. The summed E-state index contributed by atoms with van der Waals surface area (Å²) in [5, 5.41) is 12.3. The summed E-state index contributed by atoms with van der Waals surface area (Å²) in [5.41, 5.74) is 3.75. The number of nitrogens with zero attached hydrogens (tertiary/aromatic N) is 1. The molecule has 2 fully saturated rings. The van der Waals surface area contributed by atoms with Crippen LogP contribution in [0, 0.1) is 0 Å². The Morgan fingerprint density at radius 1 is 1.07 bits per heavy atom. The number of ether oxygens (including phenoxy) is 3. The van der Waals surface area contributed by atoms with Crippen molar-refractivity contribution in [3.8, 4) is 0 Å². The van der Waals surface area contributed by atoms with E-state index in [2.05, 4.69) is 16.8 Å². The van der Waals surface area contributed by atoms with Gasteiger partial charge in [0.2, 0.25) is 0 Å². The Hall–Kier alpha value is -3.04. The lowest BCUT2D eigenvalue weighted by molar-refractivity contribution is -0.253. The number of aliphatic hydroxyl groups is 1. The van der Waals surface area contributed by atoms with Crippen molar-refractivity contribution >= 4 is 11.9 Å². The van der Waals surface area contributed by atoms with Gasteiger partial charge < -0.3 is 24.6 Å². The molecular formula is C32H42N2O6. The fourth-order valence-corrected chi connectivity index (χ4v) is 5.53. The quantitative estimate of drug-likeness (QED) is 0.292. The number of hydrogen-bond acceptors (Lipinski definition) is 7. The Bertz CT molecular complexity index is 1110. The molecular weight excluding hydrogens is 508 g/mol. The highest BCUT2D eigenvalue weighted by atomic mass is 16.7. The summed E-state index contributed by atoms with van der Waals surface area (Å²) < 4.78 is 18.0. The third kappa shape index (κ3) is 8.24. The van der Waals surface area contributed by atoms with E-state index < -0.39 is 18.4 Å². The van der Waals surface area contributed by atoms with Gasteiger partial charge in [0.15, 0.2) is 12.4 Å². The van der Waals surface area contributed by atoms with Crippen LogP contribution >= 0.6 is 0 Å². The molecule has 2 aromatic rings. The third-order valence-corrected chi connectivity index (χ3v) is 7.69. The Labute approximate surface area is 237 Å². The highest BCUT2D eigenvalue weighted by Crippen LogP contribution is 2.38. The number of amides is 1. The first-order valence-electron chi connectivity index (χ1n) is 14.3. The molecule has 0 spiro atoms. The molecule has 1 aliphatic heterocycles. The summed E-state index contributed by atoms with van der Waals surface area (Å²) in [6.45, 7) is 8.79. The van der Waals surface area contributed by atoms with Crippen molar-refractivity contribution in [1.29, 1.82) is 0 Å². The summed E-state index contributed by atoms with van der Waals surface area (Å²) in [6, 6.07) is 16.3. The third-order valence-electron chi connectivity index (χ3n) is 7.69. The molecule has 2 aliphatic rings. The van der Waals surface area contributed by atoms with Gasteiger partial charge in [0.1, 0.15) is 0 Å². The van der Waals surface area contributed by atoms with Crippen LogP contribution in [0.3, 0.4) is 0 Å². The zero-order valence-electron chi connectivity index (χ0n) is 23.6.